The summed E-state index contributed by atoms with van der Waals surface area (Å²) in [5.41, 5.74) is 3.16. The molecule has 0 heterocycles. The lowest BCUT2D eigenvalue weighted by atomic mass is 9.95. The van der Waals surface area contributed by atoms with Gasteiger partial charge in [0.1, 0.15) is 0 Å². The molecule has 0 saturated heterocycles. The molecule has 1 nitrogen and oxygen atoms in total. The molecule has 2 aromatic rings. The first kappa shape index (κ1) is 14.6. The predicted molar refractivity (Wildman–Crippen MR) is 72.3 cm³/mol. The van der Waals surface area contributed by atoms with Crippen molar-refractivity contribution in [2.45, 2.75) is 26.6 Å². The van der Waals surface area contributed by atoms with E-state index < -0.39 is 11.7 Å². The summed E-state index contributed by atoms with van der Waals surface area (Å²) in [5.74, 6) is 0. The van der Waals surface area contributed by atoms with E-state index in [1.165, 1.54) is 6.07 Å². The summed E-state index contributed by atoms with van der Waals surface area (Å²) in [6, 6.07) is 8.87. The quantitative estimate of drug-likeness (QED) is 0.859. The fourth-order valence-electron chi connectivity index (χ4n) is 2.28. The zero-order chi connectivity index (χ0) is 14.9. The molecular weight excluding hydrogens is 265 g/mol. The fraction of sp³-hybridized carbons (Fsp3) is 0.250. The lowest BCUT2D eigenvalue weighted by molar-refractivity contribution is -0.137. The first-order chi connectivity index (χ1) is 9.32. The molecular formula is C16H15F3O. The second kappa shape index (κ2) is 5.29. The van der Waals surface area contributed by atoms with Crippen LogP contribution in [-0.4, -0.2) is 5.11 Å². The Balaban J connectivity index is 2.52. The van der Waals surface area contributed by atoms with Gasteiger partial charge in [0.2, 0.25) is 0 Å². The Hall–Kier alpha value is -1.81. The SMILES string of the molecule is Cc1cc(-c2cccc(C(F)(F)F)c2)cc(C)c1CO. The molecule has 0 bridgehead atoms. The molecule has 0 amide bonds. The van der Waals surface area contributed by atoms with E-state index in [0.29, 0.717) is 5.56 Å². The van der Waals surface area contributed by atoms with Crippen LogP contribution in [0.5, 0.6) is 0 Å². The van der Waals surface area contributed by atoms with Gasteiger partial charge in [0.15, 0.2) is 0 Å². The Morgan fingerprint density at radius 1 is 0.950 bits per heavy atom. The van der Waals surface area contributed by atoms with E-state index in [0.717, 1.165) is 34.4 Å². The maximum Gasteiger partial charge on any atom is 0.416 e. The molecule has 0 fully saturated rings. The van der Waals surface area contributed by atoms with Crippen LogP contribution in [0.15, 0.2) is 36.4 Å². The largest absolute Gasteiger partial charge is 0.416 e. The van der Waals surface area contributed by atoms with Crippen LogP contribution in [0.3, 0.4) is 0 Å². The predicted octanol–water partition coefficient (Wildman–Crippen LogP) is 4.48. The third kappa shape index (κ3) is 2.85. The van der Waals surface area contributed by atoms with Crippen LogP contribution in [0, 0.1) is 13.8 Å². The standard InChI is InChI=1S/C16H15F3O/c1-10-6-13(7-11(2)15(10)9-20)12-4-3-5-14(8-12)16(17,18)19/h3-8,20H,9H2,1-2H3. The molecule has 106 valence electrons. The van der Waals surface area contributed by atoms with Crippen molar-refractivity contribution in [1.29, 1.82) is 0 Å². The smallest absolute Gasteiger partial charge is 0.392 e. The van der Waals surface area contributed by atoms with Crippen molar-refractivity contribution in [3.8, 4) is 11.1 Å². The van der Waals surface area contributed by atoms with Crippen LogP contribution in [0.2, 0.25) is 0 Å². The van der Waals surface area contributed by atoms with Gasteiger partial charge < -0.3 is 5.11 Å². The van der Waals surface area contributed by atoms with Gasteiger partial charge in [-0.05, 0) is 53.8 Å². The first-order valence-corrected chi connectivity index (χ1v) is 6.21. The fourth-order valence-corrected chi connectivity index (χ4v) is 2.28. The van der Waals surface area contributed by atoms with Crippen molar-refractivity contribution >= 4 is 0 Å². The van der Waals surface area contributed by atoms with Crippen LogP contribution >= 0.6 is 0 Å². The van der Waals surface area contributed by atoms with Gasteiger partial charge in [0, 0.05) is 0 Å². The number of alkyl halides is 3. The van der Waals surface area contributed by atoms with Crippen LogP contribution in [0.25, 0.3) is 11.1 Å². The number of hydrogen-bond acceptors (Lipinski definition) is 1. The molecule has 0 spiro atoms. The summed E-state index contributed by atoms with van der Waals surface area (Å²) in [7, 11) is 0. The monoisotopic (exact) mass is 280 g/mol. The number of aryl methyl sites for hydroxylation is 2. The Morgan fingerprint density at radius 3 is 2.05 bits per heavy atom. The highest BCUT2D eigenvalue weighted by molar-refractivity contribution is 5.67. The van der Waals surface area contributed by atoms with Gasteiger partial charge in [-0.1, -0.05) is 24.3 Å². The Morgan fingerprint density at radius 2 is 1.55 bits per heavy atom. The van der Waals surface area contributed by atoms with Crippen LogP contribution in [0.1, 0.15) is 22.3 Å². The highest BCUT2D eigenvalue weighted by Crippen LogP contribution is 2.33. The van der Waals surface area contributed by atoms with Gasteiger partial charge in [-0.25, -0.2) is 0 Å². The Labute approximate surface area is 115 Å². The van der Waals surface area contributed by atoms with E-state index in [1.54, 1.807) is 18.2 Å². The minimum Gasteiger partial charge on any atom is -0.392 e. The lowest BCUT2D eigenvalue weighted by Gasteiger charge is -2.12. The summed E-state index contributed by atoms with van der Waals surface area (Å²) < 4.78 is 38.2. The summed E-state index contributed by atoms with van der Waals surface area (Å²) in [6.07, 6.45) is -4.34. The molecule has 0 unspecified atom stereocenters. The van der Waals surface area contributed by atoms with Crippen LogP contribution < -0.4 is 0 Å². The molecule has 2 aromatic carbocycles. The van der Waals surface area contributed by atoms with E-state index in [4.69, 9.17) is 0 Å². The number of benzene rings is 2. The van der Waals surface area contributed by atoms with Crippen molar-refractivity contribution in [1.82, 2.24) is 0 Å². The number of rotatable bonds is 2. The van der Waals surface area contributed by atoms with Crippen LogP contribution in [-0.2, 0) is 12.8 Å². The average molecular weight is 280 g/mol. The molecule has 0 aliphatic heterocycles. The van der Waals surface area contributed by atoms with Gasteiger partial charge in [-0.15, -0.1) is 0 Å². The highest BCUT2D eigenvalue weighted by atomic mass is 19.4. The van der Waals surface area contributed by atoms with E-state index in [2.05, 4.69) is 0 Å². The second-order valence-electron chi connectivity index (χ2n) is 4.83. The number of halogens is 3. The van der Waals surface area contributed by atoms with E-state index >= 15 is 0 Å². The van der Waals surface area contributed by atoms with Crippen LogP contribution in [0.4, 0.5) is 13.2 Å². The summed E-state index contributed by atoms with van der Waals surface area (Å²) >= 11 is 0. The van der Waals surface area contributed by atoms with Crippen molar-refractivity contribution in [2.75, 3.05) is 0 Å². The molecule has 0 radical (unpaired) electrons. The second-order valence-corrected chi connectivity index (χ2v) is 4.83. The molecule has 0 saturated carbocycles. The normalized spacial score (nSPS) is 11.7. The molecule has 4 heteroatoms. The zero-order valence-corrected chi connectivity index (χ0v) is 11.3. The summed E-state index contributed by atoms with van der Waals surface area (Å²) in [4.78, 5) is 0. The highest BCUT2D eigenvalue weighted by Gasteiger charge is 2.30. The summed E-state index contributed by atoms with van der Waals surface area (Å²) in [5, 5.41) is 9.26. The lowest BCUT2D eigenvalue weighted by Crippen LogP contribution is -2.04. The van der Waals surface area contributed by atoms with Crippen molar-refractivity contribution in [2.24, 2.45) is 0 Å². The maximum atomic E-state index is 12.7. The van der Waals surface area contributed by atoms with Gasteiger partial charge in [-0.2, -0.15) is 13.2 Å². The van der Waals surface area contributed by atoms with Crippen molar-refractivity contribution in [3.63, 3.8) is 0 Å². The number of aliphatic hydroxyl groups excluding tert-OH is 1. The van der Waals surface area contributed by atoms with Crippen molar-refractivity contribution in [3.05, 3.63) is 58.7 Å². The first-order valence-electron chi connectivity index (χ1n) is 6.21. The maximum absolute atomic E-state index is 12.7. The molecule has 0 aliphatic rings. The van der Waals surface area contributed by atoms with E-state index in [9.17, 15) is 18.3 Å². The molecule has 0 aromatic heterocycles. The molecule has 2 rings (SSSR count). The van der Waals surface area contributed by atoms with Crippen molar-refractivity contribution < 1.29 is 18.3 Å². The Bertz CT molecular complexity index is 607. The molecule has 1 N–H and O–H groups in total. The minimum atomic E-state index is -4.34. The number of aliphatic hydroxyl groups is 1. The molecule has 20 heavy (non-hydrogen) atoms. The topological polar surface area (TPSA) is 20.2 Å². The van der Waals surface area contributed by atoms with E-state index in [-0.39, 0.29) is 6.61 Å². The zero-order valence-electron chi connectivity index (χ0n) is 11.3. The van der Waals surface area contributed by atoms with Gasteiger partial charge >= 0.3 is 6.18 Å². The van der Waals surface area contributed by atoms with Gasteiger partial charge in [0.05, 0.1) is 12.2 Å². The summed E-state index contributed by atoms with van der Waals surface area (Å²) in [6.45, 7) is 3.62. The minimum absolute atomic E-state index is 0.0689. The third-order valence-electron chi connectivity index (χ3n) is 3.38. The van der Waals surface area contributed by atoms with Gasteiger partial charge in [-0.3, -0.25) is 0 Å². The Kier molecular flexibility index (Phi) is 3.86. The molecule has 0 atom stereocenters. The molecule has 0 aliphatic carbocycles. The average Bonchev–Trinajstić information content (AvgIpc) is 2.37. The third-order valence-corrected chi connectivity index (χ3v) is 3.38. The number of hydrogen-bond donors (Lipinski definition) is 1. The van der Waals surface area contributed by atoms with Gasteiger partial charge in [0.25, 0.3) is 0 Å². The van der Waals surface area contributed by atoms with E-state index in [1.807, 2.05) is 13.8 Å².